The number of halogens is 3. The molecule has 1 aromatic rings. The van der Waals surface area contributed by atoms with Gasteiger partial charge < -0.3 is 16.4 Å². The van der Waals surface area contributed by atoms with Gasteiger partial charge in [0.2, 0.25) is 5.91 Å². The van der Waals surface area contributed by atoms with Crippen LogP contribution in [0, 0.1) is 17.5 Å². The molecule has 188 valence electrons. The molecule has 0 aromatic heterocycles. The highest BCUT2D eigenvalue weighted by atomic mass is 32.2. The molecule has 1 saturated carbocycles. The summed E-state index contributed by atoms with van der Waals surface area (Å²) >= 11 is -2.94. The van der Waals surface area contributed by atoms with Crippen molar-refractivity contribution in [2.24, 2.45) is 5.73 Å². The first-order chi connectivity index (χ1) is 15.6. The van der Waals surface area contributed by atoms with Crippen molar-refractivity contribution in [3.63, 3.8) is 0 Å². The summed E-state index contributed by atoms with van der Waals surface area (Å²) in [4.78, 5) is 10.5. The first kappa shape index (κ1) is 27.3. The maximum Gasteiger partial charge on any atom is 0.259 e. The van der Waals surface area contributed by atoms with E-state index in [9.17, 15) is 26.2 Å². The van der Waals surface area contributed by atoms with Gasteiger partial charge >= 0.3 is 0 Å². The number of rotatable bonds is 10. The zero-order chi connectivity index (χ0) is 24.6. The van der Waals surface area contributed by atoms with Crippen LogP contribution in [0.25, 0.3) is 0 Å². The molecule has 0 saturated heterocycles. The summed E-state index contributed by atoms with van der Waals surface area (Å²) in [5.74, 6) is -6.97. The van der Waals surface area contributed by atoms with Gasteiger partial charge in [-0.3, -0.25) is 14.1 Å². The minimum atomic E-state index is -4.67. The van der Waals surface area contributed by atoms with Crippen molar-refractivity contribution in [3.05, 3.63) is 17.5 Å². The van der Waals surface area contributed by atoms with Crippen molar-refractivity contribution < 1.29 is 35.1 Å². The summed E-state index contributed by atoms with van der Waals surface area (Å²) in [6, 6.07) is -0.418. The Bertz CT molecular complexity index is 971. The van der Waals surface area contributed by atoms with Gasteiger partial charge in [0.1, 0.15) is 10.6 Å². The van der Waals surface area contributed by atoms with Crippen LogP contribution in [0.4, 0.5) is 24.5 Å². The Balaban J connectivity index is 2.50. The maximum absolute atomic E-state index is 15.2. The smallest absolute Gasteiger partial charge is 0.259 e. The highest BCUT2D eigenvalue weighted by Crippen LogP contribution is 2.38. The number of carbonyl (C=O) groups excluding carboxylic acids is 1. The van der Waals surface area contributed by atoms with E-state index >= 15 is 4.39 Å². The number of anilines is 2. The summed E-state index contributed by atoms with van der Waals surface area (Å²) in [5.41, 5.74) is 3.17. The Hall–Kier alpha value is -1.90. The SMILES string of the molecule is NCCNC(=O)CCS(=O)(=O)c1c(F)c(F)c(NS(=O)O)c(F)c1NC1CCCCCCC1. The lowest BCUT2D eigenvalue weighted by Crippen LogP contribution is -2.31. The second-order valence-corrected chi connectivity index (χ2v) is 10.5. The number of hydrogen-bond acceptors (Lipinski definition) is 6. The number of nitrogens with two attached hydrogens (primary N) is 1. The van der Waals surface area contributed by atoms with Crippen LogP contribution in [-0.2, 0) is 25.9 Å². The molecular formula is C19H29F3N4O5S2. The van der Waals surface area contributed by atoms with Gasteiger partial charge in [0, 0.05) is 25.6 Å². The third kappa shape index (κ3) is 7.55. The Morgan fingerprint density at radius 2 is 1.64 bits per heavy atom. The zero-order valence-electron chi connectivity index (χ0n) is 18.0. The summed E-state index contributed by atoms with van der Waals surface area (Å²) in [6.07, 6.45) is 4.97. The van der Waals surface area contributed by atoms with Gasteiger partial charge in [0.15, 0.2) is 27.3 Å². The third-order valence-corrected chi connectivity index (χ3v) is 7.42. The van der Waals surface area contributed by atoms with E-state index < -0.39 is 78.9 Å². The molecule has 2 rings (SSSR count). The molecular weight excluding hydrogens is 485 g/mol. The van der Waals surface area contributed by atoms with E-state index in [1.165, 1.54) is 0 Å². The fourth-order valence-corrected chi connectivity index (χ4v) is 5.51. The normalized spacial score (nSPS) is 16.5. The van der Waals surface area contributed by atoms with Crippen LogP contribution < -0.4 is 21.1 Å². The van der Waals surface area contributed by atoms with Gasteiger partial charge in [-0.05, 0) is 12.8 Å². The average Bonchev–Trinajstić information content (AvgIpc) is 2.73. The van der Waals surface area contributed by atoms with Gasteiger partial charge in [-0.15, -0.1) is 0 Å². The van der Waals surface area contributed by atoms with Gasteiger partial charge in [-0.1, -0.05) is 32.1 Å². The second kappa shape index (κ2) is 12.5. The molecule has 0 aliphatic heterocycles. The first-order valence-electron chi connectivity index (χ1n) is 10.6. The second-order valence-electron chi connectivity index (χ2n) is 7.77. The monoisotopic (exact) mass is 514 g/mol. The largest absolute Gasteiger partial charge is 0.379 e. The highest BCUT2D eigenvalue weighted by Gasteiger charge is 2.34. The lowest BCUT2D eigenvalue weighted by Gasteiger charge is -2.25. The van der Waals surface area contributed by atoms with Crippen molar-refractivity contribution >= 4 is 38.4 Å². The molecule has 0 heterocycles. The Kier molecular flexibility index (Phi) is 10.4. The van der Waals surface area contributed by atoms with Crippen molar-refractivity contribution in [3.8, 4) is 0 Å². The molecule has 1 atom stereocenters. The van der Waals surface area contributed by atoms with Crippen molar-refractivity contribution in [2.75, 3.05) is 28.9 Å². The van der Waals surface area contributed by atoms with Gasteiger partial charge in [-0.2, -0.15) is 0 Å². The first-order valence-corrected chi connectivity index (χ1v) is 13.4. The lowest BCUT2D eigenvalue weighted by atomic mass is 9.96. The van der Waals surface area contributed by atoms with Crippen LogP contribution in [0.1, 0.15) is 51.4 Å². The number of sulfone groups is 1. The molecule has 0 spiro atoms. The maximum atomic E-state index is 15.2. The molecule has 33 heavy (non-hydrogen) atoms. The number of hydrogen-bond donors (Lipinski definition) is 5. The summed E-state index contributed by atoms with van der Waals surface area (Å²) < 4.78 is 92.2. The standard InChI is InChI=1S/C19H29F3N4O5S2/c20-14-15(21)19(33(30,31)11-8-13(27)24-10-9-23)18(16(22)17(14)26-32(28)29)25-12-6-4-2-1-3-5-7-12/h12,25-26H,1-11,23H2,(H,24,27)(H,28,29). The van der Waals surface area contributed by atoms with Crippen LogP contribution in [0.2, 0.25) is 0 Å². The van der Waals surface area contributed by atoms with E-state index in [1.807, 2.05) is 0 Å². The van der Waals surface area contributed by atoms with Gasteiger partial charge in [0.05, 0.1) is 11.4 Å². The van der Waals surface area contributed by atoms with Crippen LogP contribution >= 0.6 is 0 Å². The van der Waals surface area contributed by atoms with Gasteiger partial charge in [-0.25, -0.2) is 25.8 Å². The zero-order valence-corrected chi connectivity index (χ0v) is 19.6. The molecule has 6 N–H and O–H groups in total. The van der Waals surface area contributed by atoms with Gasteiger partial charge in [0.25, 0.3) is 11.3 Å². The molecule has 9 nitrogen and oxygen atoms in total. The quantitative estimate of drug-likeness (QED) is 0.238. The average molecular weight is 515 g/mol. The van der Waals surface area contributed by atoms with E-state index in [0.29, 0.717) is 12.8 Å². The molecule has 14 heteroatoms. The Morgan fingerprint density at radius 1 is 1.03 bits per heavy atom. The van der Waals surface area contributed by atoms with Crippen LogP contribution in [0.3, 0.4) is 0 Å². The number of nitrogens with one attached hydrogen (secondary N) is 3. The third-order valence-electron chi connectivity index (χ3n) is 5.30. The summed E-state index contributed by atoms with van der Waals surface area (Å²) in [6.45, 7) is 0.226. The van der Waals surface area contributed by atoms with Crippen LogP contribution in [-0.4, -0.2) is 48.0 Å². The molecule has 1 fully saturated rings. The van der Waals surface area contributed by atoms with E-state index in [0.717, 1.165) is 32.1 Å². The molecule has 1 aliphatic rings. The Morgan fingerprint density at radius 3 is 2.21 bits per heavy atom. The molecule has 0 radical (unpaired) electrons. The van der Waals surface area contributed by atoms with E-state index in [-0.39, 0.29) is 13.1 Å². The lowest BCUT2D eigenvalue weighted by molar-refractivity contribution is -0.120. The Labute approximate surface area is 193 Å². The predicted octanol–water partition coefficient (Wildman–Crippen LogP) is 2.42. The van der Waals surface area contributed by atoms with Crippen molar-refractivity contribution in [1.82, 2.24) is 5.32 Å². The minimum Gasteiger partial charge on any atom is -0.379 e. The molecule has 1 aromatic carbocycles. The number of amides is 1. The summed E-state index contributed by atoms with van der Waals surface area (Å²) in [5, 5.41) is 5.06. The highest BCUT2D eigenvalue weighted by molar-refractivity contribution is 7.91. The number of carbonyl (C=O) groups is 1. The predicted molar refractivity (Wildman–Crippen MR) is 119 cm³/mol. The molecule has 1 aliphatic carbocycles. The minimum absolute atomic E-state index is 0.101. The van der Waals surface area contributed by atoms with E-state index in [2.05, 4.69) is 10.6 Å². The van der Waals surface area contributed by atoms with Crippen LogP contribution in [0.5, 0.6) is 0 Å². The number of benzene rings is 1. The fraction of sp³-hybridized carbons (Fsp3) is 0.632. The summed E-state index contributed by atoms with van der Waals surface area (Å²) in [7, 11) is -4.67. The van der Waals surface area contributed by atoms with E-state index in [1.54, 1.807) is 4.72 Å². The topological polar surface area (TPSA) is 151 Å². The molecule has 1 unspecified atom stereocenters. The molecule has 1 amide bonds. The fourth-order valence-electron chi connectivity index (χ4n) is 3.67. The van der Waals surface area contributed by atoms with E-state index in [4.69, 9.17) is 10.3 Å². The van der Waals surface area contributed by atoms with Crippen molar-refractivity contribution in [1.29, 1.82) is 0 Å². The van der Waals surface area contributed by atoms with Crippen molar-refractivity contribution in [2.45, 2.75) is 62.3 Å². The van der Waals surface area contributed by atoms with Crippen LogP contribution in [0.15, 0.2) is 4.90 Å². The molecule has 0 bridgehead atoms.